The summed E-state index contributed by atoms with van der Waals surface area (Å²) in [6.07, 6.45) is 0.307. The van der Waals surface area contributed by atoms with Crippen LogP contribution in [0, 0.1) is 0 Å². The molecule has 0 heterocycles. The molecule has 7 heteroatoms. The number of methoxy groups -OCH3 is 1. The number of nitrogens with zero attached hydrogens (tertiary/aromatic N) is 1. The molecule has 0 saturated carbocycles. The first-order valence-corrected chi connectivity index (χ1v) is 9.43. The summed E-state index contributed by atoms with van der Waals surface area (Å²) in [5.41, 5.74) is 1.57. The highest BCUT2D eigenvalue weighted by atomic mass is 35.5. The van der Waals surface area contributed by atoms with E-state index in [0.29, 0.717) is 29.4 Å². The van der Waals surface area contributed by atoms with Crippen LogP contribution in [0.3, 0.4) is 0 Å². The number of anilines is 1. The lowest BCUT2D eigenvalue weighted by Crippen LogP contribution is -2.34. The lowest BCUT2D eigenvalue weighted by atomic mass is 10.1. The number of rotatable bonds is 9. The van der Waals surface area contributed by atoms with Crippen LogP contribution < -0.4 is 15.4 Å². The van der Waals surface area contributed by atoms with Crippen LogP contribution in [0.2, 0.25) is 5.02 Å². The zero-order valence-corrected chi connectivity index (χ0v) is 17.1. The maximum atomic E-state index is 12.3. The summed E-state index contributed by atoms with van der Waals surface area (Å²) < 4.78 is 5.22. The van der Waals surface area contributed by atoms with Crippen LogP contribution in [0.5, 0.6) is 5.75 Å². The van der Waals surface area contributed by atoms with Crippen molar-refractivity contribution in [2.75, 3.05) is 32.6 Å². The highest BCUT2D eigenvalue weighted by Gasteiger charge is 2.13. The first-order chi connectivity index (χ1) is 13.4. The number of amides is 2. The Hall–Kier alpha value is -2.57. The van der Waals surface area contributed by atoms with Crippen molar-refractivity contribution in [1.29, 1.82) is 0 Å². The van der Waals surface area contributed by atoms with Gasteiger partial charge in [0.15, 0.2) is 0 Å². The fourth-order valence-corrected chi connectivity index (χ4v) is 2.90. The van der Waals surface area contributed by atoms with Gasteiger partial charge in [-0.15, -0.1) is 0 Å². The topological polar surface area (TPSA) is 70.7 Å². The molecule has 1 unspecified atom stereocenters. The Morgan fingerprint density at radius 1 is 1.14 bits per heavy atom. The van der Waals surface area contributed by atoms with Gasteiger partial charge in [0.05, 0.1) is 25.4 Å². The van der Waals surface area contributed by atoms with Crippen LogP contribution >= 0.6 is 11.6 Å². The van der Waals surface area contributed by atoms with E-state index < -0.39 is 0 Å². The first-order valence-electron chi connectivity index (χ1n) is 9.05. The molecule has 2 aromatic rings. The van der Waals surface area contributed by atoms with Gasteiger partial charge in [0, 0.05) is 18.0 Å². The molecule has 0 saturated heterocycles. The van der Waals surface area contributed by atoms with Crippen LogP contribution in [-0.2, 0) is 9.59 Å². The zero-order valence-electron chi connectivity index (χ0n) is 16.4. The van der Waals surface area contributed by atoms with Crippen LogP contribution in [-0.4, -0.2) is 44.0 Å². The second-order valence-corrected chi connectivity index (χ2v) is 7.02. The van der Waals surface area contributed by atoms with E-state index in [1.165, 1.54) is 7.11 Å². The third-order valence-corrected chi connectivity index (χ3v) is 4.48. The zero-order chi connectivity index (χ0) is 20.5. The fraction of sp³-hybridized carbons (Fsp3) is 0.333. The minimum atomic E-state index is -0.207. The summed E-state index contributed by atoms with van der Waals surface area (Å²) in [6, 6.07) is 14.7. The number of halogens is 1. The molecule has 6 nitrogen and oxygen atoms in total. The van der Waals surface area contributed by atoms with Gasteiger partial charge in [0.2, 0.25) is 11.8 Å². The first kappa shape index (κ1) is 21.7. The number of nitrogens with one attached hydrogen (secondary N) is 2. The lowest BCUT2D eigenvalue weighted by Gasteiger charge is -2.18. The molecule has 1 atom stereocenters. The average molecular weight is 404 g/mol. The SMILES string of the molecule is COc1ccc(Cl)cc1NC(=O)CN(C)CCC(=O)NC(C)c1ccccc1. The van der Waals surface area contributed by atoms with Crippen LogP contribution in [0.15, 0.2) is 48.5 Å². The minimum absolute atomic E-state index is 0.0554. The fourth-order valence-electron chi connectivity index (χ4n) is 2.72. The lowest BCUT2D eigenvalue weighted by molar-refractivity contribution is -0.123. The predicted molar refractivity (Wildman–Crippen MR) is 112 cm³/mol. The number of hydrogen-bond donors (Lipinski definition) is 2. The monoisotopic (exact) mass is 403 g/mol. The molecule has 28 heavy (non-hydrogen) atoms. The van der Waals surface area contributed by atoms with Crippen LogP contribution in [0.1, 0.15) is 24.9 Å². The van der Waals surface area contributed by atoms with Gasteiger partial charge in [-0.3, -0.25) is 14.5 Å². The number of likely N-dealkylation sites (N-methyl/N-ethyl adjacent to an activating group) is 1. The van der Waals surface area contributed by atoms with E-state index in [0.717, 1.165) is 5.56 Å². The van der Waals surface area contributed by atoms with E-state index in [1.54, 1.807) is 30.1 Å². The maximum absolute atomic E-state index is 12.3. The number of carbonyl (C=O) groups is 2. The van der Waals surface area contributed by atoms with Crippen molar-refractivity contribution in [3.8, 4) is 5.75 Å². The molecular weight excluding hydrogens is 378 g/mol. The van der Waals surface area contributed by atoms with Crippen LogP contribution in [0.4, 0.5) is 5.69 Å². The van der Waals surface area contributed by atoms with Gasteiger partial charge in [-0.1, -0.05) is 41.9 Å². The van der Waals surface area contributed by atoms with Crippen molar-refractivity contribution in [2.45, 2.75) is 19.4 Å². The molecule has 2 amide bonds. The van der Waals surface area contributed by atoms with Crippen molar-refractivity contribution in [3.63, 3.8) is 0 Å². The Bertz CT molecular complexity index is 799. The molecule has 0 spiro atoms. The second-order valence-electron chi connectivity index (χ2n) is 6.58. The molecule has 0 bridgehead atoms. The summed E-state index contributed by atoms with van der Waals surface area (Å²) >= 11 is 5.97. The average Bonchev–Trinajstić information content (AvgIpc) is 2.67. The van der Waals surface area contributed by atoms with Gasteiger partial charge in [-0.2, -0.15) is 0 Å². The van der Waals surface area contributed by atoms with Gasteiger partial charge in [-0.25, -0.2) is 0 Å². The van der Waals surface area contributed by atoms with Crippen molar-refractivity contribution in [1.82, 2.24) is 10.2 Å². The standard InChI is InChI=1S/C21H26ClN3O3/c1-15(16-7-5-4-6-8-16)23-20(26)11-12-25(2)14-21(27)24-18-13-17(22)9-10-19(18)28-3/h4-10,13,15H,11-12,14H2,1-3H3,(H,23,26)(H,24,27). The van der Waals surface area contributed by atoms with Crippen molar-refractivity contribution in [2.24, 2.45) is 0 Å². The second kappa shape index (κ2) is 10.7. The van der Waals surface area contributed by atoms with E-state index in [-0.39, 0.29) is 24.4 Å². The smallest absolute Gasteiger partial charge is 0.238 e. The van der Waals surface area contributed by atoms with Gasteiger partial charge in [0.1, 0.15) is 5.75 Å². The maximum Gasteiger partial charge on any atom is 0.238 e. The molecular formula is C21H26ClN3O3. The van der Waals surface area contributed by atoms with Crippen molar-refractivity contribution in [3.05, 3.63) is 59.1 Å². The van der Waals surface area contributed by atoms with E-state index in [9.17, 15) is 9.59 Å². The quantitative estimate of drug-likeness (QED) is 0.672. The highest BCUT2D eigenvalue weighted by molar-refractivity contribution is 6.31. The summed E-state index contributed by atoms with van der Waals surface area (Å²) in [5, 5.41) is 6.26. The minimum Gasteiger partial charge on any atom is -0.495 e. The van der Waals surface area contributed by atoms with E-state index >= 15 is 0 Å². The molecule has 0 aliphatic heterocycles. The third-order valence-electron chi connectivity index (χ3n) is 4.25. The van der Waals surface area contributed by atoms with Gasteiger partial charge in [0.25, 0.3) is 0 Å². The molecule has 0 fully saturated rings. The van der Waals surface area contributed by atoms with Crippen molar-refractivity contribution >= 4 is 29.1 Å². The Morgan fingerprint density at radius 2 is 1.86 bits per heavy atom. The third kappa shape index (κ3) is 6.87. The molecule has 2 rings (SSSR count). The molecule has 0 aliphatic carbocycles. The van der Waals surface area contributed by atoms with Gasteiger partial charge >= 0.3 is 0 Å². The molecule has 0 aromatic heterocycles. The summed E-state index contributed by atoms with van der Waals surface area (Å²) in [5.74, 6) is 0.274. The molecule has 2 N–H and O–H groups in total. The van der Waals surface area contributed by atoms with Gasteiger partial charge in [-0.05, 0) is 37.7 Å². The van der Waals surface area contributed by atoms with Crippen molar-refractivity contribution < 1.29 is 14.3 Å². The largest absolute Gasteiger partial charge is 0.495 e. The van der Waals surface area contributed by atoms with E-state index in [4.69, 9.17) is 16.3 Å². The highest BCUT2D eigenvalue weighted by Crippen LogP contribution is 2.27. The Balaban J connectivity index is 1.77. The summed E-state index contributed by atoms with van der Waals surface area (Å²) in [6.45, 7) is 2.56. The Labute approximate surface area is 170 Å². The van der Waals surface area contributed by atoms with E-state index in [2.05, 4.69) is 10.6 Å². The Kier molecular flexibility index (Phi) is 8.29. The Morgan fingerprint density at radius 3 is 2.54 bits per heavy atom. The molecule has 150 valence electrons. The number of benzene rings is 2. The van der Waals surface area contributed by atoms with E-state index in [1.807, 2.05) is 37.3 Å². The number of hydrogen-bond acceptors (Lipinski definition) is 4. The summed E-state index contributed by atoms with van der Waals surface area (Å²) in [7, 11) is 3.32. The predicted octanol–water partition coefficient (Wildman–Crippen LogP) is 3.49. The molecule has 2 aromatic carbocycles. The number of ether oxygens (including phenoxy) is 1. The summed E-state index contributed by atoms with van der Waals surface area (Å²) in [4.78, 5) is 26.2. The molecule has 0 radical (unpaired) electrons. The van der Waals surface area contributed by atoms with Crippen LogP contribution in [0.25, 0.3) is 0 Å². The normalized spacial score (nSPS) is 11.8. The number of carbonyl (C=O) groups excluding carboxylic acids is 2. The molecule has 0 aliphatic rings. The van der Waals surface area contributed by atoms with Gasteiger partial charge < -0.3 is 15.4 Å².